The fraction of sp³-hybridized carbons (Fsp3) is 0.667. The molecule has 0 saturated carbocycles. The van der Waals surface area contributed by atoms with Gasteiger partial charge in [0.1, 0.15) is 5.82 Å². The number of anilines is 1. The van der Waals surface area contributed by atoms with Crippen molar-refractivity contribution in [2.24, 2.45) is 5.41 Å². The van der Waals surface area contributed by atoms with Gasteiger partial charge in [0.2, 0.25) is 0 Å². The van der Waals surface area contributed by atoms with Crippen LogP contribution in [0.3, 0.4) is 0 Å². The van der Waals surface area contributed by atoms with Crippen molar-refractivity contribution in [3.63, 3.8) is 0 Å². The van der Waals surface area contributed by atoms with Gasteiger partial charge in [-0.15, -0.1) is 0 Å². The number of aromatic nitrogens is 2. The van der Waals surface area contributed by atoms with E-state index in [1.54, 1.807) is 0 Å². The Bertz CT molecular complexity index is 427. The summed E-state index contributed by atoms with van der Waals surface area (Å²) in [6.45, 7) is 6.41. The lowest BCUT2D eigenvalue weighted by atomic mass is 9.77. The van der Waals surface area contributed by atoms with Crippen molar-refractivity contribution in [1.82, 2.24) is 15.3 Å². The van der Waals surface area contributed by atoms with E-state index in [1.807, 2.05) is 0 Å². The predicted molar refractivity (Wildman–Crippen MR) is 68.2 cm³/mol. The topological polar surface area (TPSA) is 69.8 Å². The molecule has 1 aliphatic rings. The maximum atomic E-state index is 11.1. The second kappa shape index (κ2) is 4.87. The summed E-state index contributed by atoms with van der Waals surface area (Å²) in [6.07, 6.45) is 3.88. The van der Waals surface area contributed by atoms with Crippen LogP contribution >= 0.6 is 0 Å². The summed E-state index contributed by atoms with van der Waals surface area (Å²) in [6, 6.07) is 1.90. The molecule has 2 rings (SSSR count). The Morgan fingerprint density at radius 1 is 1.59 bits per heavy atom. The SMILES string of the molecule is CC1(C)CCCNC1CNc1cc(=O)[nH]cn1. The molecule has 5 nitrogen and oxygen atoms in total. The number of aromatic amines is 1. The van der Waals surface area contributed by atoms with Crippen LogP contribution in [-0.2, 0) is 0 Å². The molecule has 1 fully saturated rings. The van der Waals surface area contributed by atoms with E-state index in [0.29, 0.717) is 11.9 Å². The summed E-state index contributed by atoms with van der Waals surface area (Å²) in [5.74, 6) is 0.636. The first-order valence-electron chi connectivity index (χ1n) is 6.10. The molecular formula is C12H20N4O. The number of hydrogen-bond acceptors (Lipinski definition) is 4. The highest BCUT2D eigenvalue weighted by molar-refractivity contribution is 5.32. The minimum absolute atomic E-state index is 0.127. The molecule has 2 heterocycles. The van der Waals surface area contributed by atoms with Crippen molar-refractivity contribution < 1.29 is 0 Å². The van der Waals surface area contributed by atoms with Gasteiger partial charge in [0.05, 0.1) is 6.33 Å². The number of nitrogens with zero attached hydrogens (tertiary/aromatic N) is 1. The Hall–Kier alpha value is -1.36. The lowest BCUT2D eigenvalue weighted by Crippen LogP contribution is -2.50. The maximum Gasteiger partial charge on any atom is 0.252 e. The van der Waals surface area contributed by atoms with Crippen LogP contribution in [-0.4, -0.2) is 29.1 Å². The van der Waals surface area contributed by atoms with Gasteiger partial charge in [0.15, 0.2) is 0 Å². The molecular weight excluding hydrogens is 216 g/mol. The molecule has 0 aromatic carbocycles. The highest BCUT2D eigenvalue weighted by Gasteiger charge is 2.31. The third-order valence-electron chi connectivity index (χ3n) is 3.50. The van der Waals surface area contributed by atoms with Crippen molar-refractivity contribution in [2.75, 3.05) is 18.4 Å². The van der Waals surface area contributed by atoms with E-state index in [4.69, 9.17) is 0 Å². The largest absolute Gasteiger partial charge is 0.368 e. The van der Waals surface area contributed by atoms with E-state index in [2.05, 4.69) is 34.4 Å². The third kappa shape index (κ3) is 3.06. The summed E-state index contributed by atoms with van der Waals surface area (Å²) in [4.78, 5) is 17.7. The normalized spacial score (nSPS) is 23.3. The Morgan fingerprint density at radius 2 is 2.41 bits per heavy atom. The summed E-state index contributed by atoms with van der Waals surface area (Å²) in [7, 11) is 0. The van der Waals surface area contributed by atoms with Gasteiger partial charge >= 0.3 is 0 Å². The molecule has 1 aromatic rings. The van der Waals surface area contributed by atoms with Crippen molar-refractivity contribution in [3.05, 3.63) is 22.7 Å². The Balaban J connectivity index is 1.95. The number of rotatable bonds is 3. The number of hydrogen-bond donors (Lipinski definition) is 3. The highest BCUT2D eigenvalue weighted by Crippen LogP contribution is 2.29. The van der Waals surface area contributed by atoms with Crippen LogP contribution in [0.1, 0.15) is 26.7 Å². The molecule has 0 bridgehead atoms. The van der Waals surface area contributed by atoms with E-state index in [1.165, 1.54) is 25.2 Å². The van der Waals surface area contributed by atoms with Crippen LogP contribution in [0.15, 0.2) is 17.2 Å². The highest BCUT2D eigenvalue weighted by atomic mass is 16.1. The predicted octanol–water partition coefficient (Wildman–Crippen LogP) is 0.960. The number of H-pyrrole nitrogens is 1. The number of nitrogens with one attached hydrogen (secondary N) is 3. The molecule has 0 radical (unpaired) electrons. The molecule has 1 saturated heterocycles. The van der Waals surface area contributed by atoms with Crippen LogP contribution in [0.5, 0.6) is 0 Å². The molecule has 0 amide bonds. The monoisotopic (exact) mass is 236 g/mol. The molecule has 1 unspecified atom stereocenters. The molecule has 3 N–H and O–H groups in total. The van der Waals surface area contributed by atoms with Crippen LogP contribution in [0.25, 0.3) is 0 Å². The van der Waals surface area contributed by atoms with Crippen molar-refractivity contribution in [3.8, 4) is 0 Å². The fourth-order valence-electron chi connectivity index (χ4n) is 2.29. The van der Waals surface area contributed by atoms with Gasteiger partial charge in [-0.2, -0.15) is 0 Å². The van der Waals surface area contributed by atoms with E-state index in [9.17, 15) is 4.79 Å². The first-order chi connectivity index (χ1) is 8.08. The van der Waals surface area contributed by atoms with Gasteiger partial charge in [-0.1, -0.05) is 13.8 Å². The molecule has 1 atom stereocenters. The van der Waals surface area contributed by atoms with Crippen LogP contribution in [0.4, 0.5) is 5.82 Å². The zero-order valence-corrected chi connectivity index (χ0v) is 10.4. The van der Waals surface area contributed by atoms with Crippen LogP contribution in [0, 0.1) is 5.41 Å². The minimum atomic E-state index is -0.127. The van der Waals surface area contributed by atoms with Crippen molar-refractivity contribution >= 4 is 5.82 Å². The molecule has 5 heteroatoms. The minimum Gasteiger partial charge on any atom is -0.368 e. The Kier molecular flexibility index (Phi) is 3.47. The van der Waals surface area contributed by atoms with E-state index in [-0.39, 0.29) is 11.0 Å². The second-order valence-electron chi connectivity index (χ2n) is 5.28. The van der Waals surface area contributed by atoms with Gasteiger partial charge < -0.3 is 15.6 Å². The third-order valence-corrected chi connectivity index (χ3v) is 3.50. The van der Waals surface area contributed by atoms with Crippen molar-refractivity contribution in [2.45, 2.75) is 32.7 Å². The molecule has 0 spiro atoms. The zero-order chi connectivity index (χ0) is 12.3. The molecule has 1 aromatic heterocycles. The summed E-state index contributed by atoms with van der Waals surface area (Å²) >= 11 is 0. The first-order valence-corrected chi connectivity index (χ1v) is 6.10. The molecule has 0 aliphatic carbocycles. The van der Waals surface area contributed by atoms with E-state index >= 15 is 0 Å². The molecule has 1 aliphatic heterocycles. The lowest BCUT2D eigenvalue weighted by Gasteiger charge is -2.39. The van der Waals surface area contributed by atoms with Crippen LogP contribution < -0.4 is 16.2 Å². The van der Waals surface area contributed by atoms with E-state index < -0.39 is 0 Å². The maximum absolute atomic E-state index is 11.1. The summed E-state index contributed by atoms with van der Waals surface area (Å²) in [5.41, 5.74) is 0.158. The van der Waals surface area contributed by atoms with Gasteiger partial charge in [-0.05, 0) is 24.8 Å². The summed E-state index contributed by atoms with van der Waals surface area (Å²) in [5, 5.41) is 6.74. The van der Waals surface area contributed by atoms with Gasteiger partial charge in [0, 0.05) is 18.7 Å². The average molecular weight is 236 g/mol. The Morgan fingerprint density at radius 3 is 3.12 bits per heavy atom. The molecule has 94 valence electrons. The zero-order valence-electron chi connectivity index (χ0n) is 10.4. The smallest absolute Gasteiger partial charge is 0.252 e. The first kappa shape index (κ1) is 12.1. The second-order valence-corrected chi connectivity index (χ2v) is 5.28. The van der Waals surface area contributed by atoms with Gasteiger partial charge in [0.25, 0.3) is 5.56 Å². The fourth-order valence-corrected chi connectivity index (χ4v) is 2.29. The van der Waals surface area contributed by atoms with Crippen LogP contribution in [0.2, 0.25) is 0 Å². The standard InChI is InChI=1S/C12H20N4O/c1-12(2)4-3-5-13-9(12)7-14-10-6-11(17)16-8-15-10/h6,8-9,13H,3-5,7H2,1-2H3,(H2,14,15,16,17). The average Bonchev–Trinajstić information content (AvgIpc) is 2.27. The lowest BCUT2D eigenvalue weighted by molar-refractivity contribution is 0.188. The van der Waals surface area contributed by atoms with Gasteiger partial charge in [-0.25, -0.2) is 4.98 Å². The summed E-state index contributed by atoms with van der Waals surface area (Å²) < 4.78 is 0. The van der Waals surface area contributed by atoms with Gasteiger partial charge in [-0.3, -0.25) is 4.79 Å². The van der Waals surface area contributed by atoms with Crippen molar-refractivity contribution in [1.29, 1.82) is 0 Å². The quantitative estimate of drug-likeness (QED) is 0.731. The molecule has 17 heavy (non-hydrogen) atoms. The number of piperidine rings is 1. The Labute approximate surface area is 101 Å². The van der Waals surface area contributed by atoms with E-state index in [0.717, 1.165) is 13.1 Å².